The number of ether oxygens (including phenoxy) is 2. The molecule has 0 aliphatic carbocycles. The zero-order chi connectivity index (χ0) is 28.2. The van der Waals surface area contributed by atoms with Crippen molar-refractivity contribution in [3.05, 3.63) is 0 Å². The summed E-state index contributed by atoms with van der Waals surface area (Å²) in [7, 11) is -4.36. The Morgan fingerprint density at radius 3 is 1.66 bits per heavy atom. The lowest BCUT2D eigenvalue weighted by molar-refractivity contribution is -0.228. The molecule has 8 nitrogen and oxygen atoms in total. The van der Waals surface area contributed by atoms with Gasteiger partial charge in [0.15, 0.2) is 0 Å². The molecule has 0 aromatic heterocycles. The quantitative estimate of drug-likeness (QED) is 0.0668. The highest BCUT2D eigenvalue weighted by molar-refractivity contribution is 7.45. The number of hydrogen-bond acceptors (Lipinski definition) is 7. The van der Waals surface area contributed by atoms with Crippen molar-refractivity contribution in [1.29, 1.82) is 0 Å². The van der Waals surface area contributed by atoms with Gasteiger partial charge in [0.1, 0.15) is 6.10 Å². The first-order chi connectivity index (χ1) is 18.4. The molecule has 0 saturated heterocycles. The van der Waals surface area contributed by atoms with E-state index in [2.05, 4.69) is 6.92 Å². The second kappa shape index (κ2) is 28.0. The minimum absolute atomic E-state index is 0.0806. The van der Waals surface area contributed by atoms with E-state index in [1.54, 1.807) is 0 Å². The van der Waals surface area contributed by atoms with Crippen molar-refractivity contribution in [1.82, 2.24) is 0 Å². The van der Waals surface area contributed by atoms with Gasteiger partial charge in [-0.1, -0.05) is 110 Å². The molecule has 0 aromatic rings. The summed E-state index contributed by atoms with van der Waals surface area (Å²) in [5, 5.41) is 8.73. The number of aliphatic carboxylic acids is 1. The standard InChI is InChI=1S/C29H59O8P/c1-3-5-6-7-8-9-10-11-12-13-14-15-16-17-18-20-24-34-26-28(35-25-21-19-22-29(30)31)27-37-38(32,33)36-23-4-2/h28H,3-27H2,1-2H3,(H,30,31)(H,32,33)/p-1. The number of hydrogen-bond donors (Lipinski definition) is 1. The molecule has 0 saturated carbocycles. The van der Waals surface area contributed by atoms with Gasteiger partial charge in [-0.05, 0) is 25.7 Å². The van der Waals surface area contributed by atoms with E-state index in [1.807, 2.05) is 6.92 Å². The van der Waals surface area contributed by atoms with Gasteiger partial charge >= 0.3 is 5.97 Å². The van der Waals surface area contributed by atoms with Crippen molar-refractivity contribution in [2.75, 3.05) is 33.0 Å². The van der Waals surface area contributed by atoms with E-state index in [4.69, 9.17) is 23.6 Å². The lowest BCUT2D eigenvalue weighted by Gasteiger charge is -2.25. The van der Waals surface area contributed by atoms with Gasteiger partial charge in [-0.2, -0.15) is 0 Å². The van der Waals surface area contributed by atoms with Crippen LogP contribution in [0.1, 0.15) is 142 Å². The fourth-order valence-corrected chi connectivity index (χ4v) is 4.98. The first kappa shape index (κ1) is 37.5. The Kier molecular flexibility index (Phi) is 27.7. The molecule has 1 N–H and O–H groups in total. The SMILES string of the molecule is CCCCCCCCCCCCCCCCCCOCC(COP(=O)([O-])OCCC)OCCCCC(=O)O. The first-order valence-electron chi connectivity index (χ1n) is 15.4. The van der Waals surface area contributed by atoms with E-state index >= 15 is 0 Å². The third kappa shape index (κ3) is 28.5. The summed E-state index contributed by atoms with van der Waals surface area (Å²) >= 11 is 0. The summed E-state index contributed by atoms with van der Waals surface area (Å²) in [5.41, 5.74) is 0. The zero-order valence-electron chi connectivity index (χ0n) is 24.5. The Hall–Kier alpha value is -0.500. The van der Waals surface area contributed by atoms with Crippen molar-refractivity contribution in [2.24, 2.45) is 0 Å². The van der Waals surface area contributed by atoms with Crippen molar-refractivity contribution in [2.45, 2.75) is 148 Å². The molecule has 0 heterocycles. The summed E-state index contributed by atoms with van der Waals surface area (Å²) in [5.74, 6) is -0.840. The van der Waals surface area contributed by atoms with Crippen LogP contribution in [-0.4, -0.2) is 50.2 Å². The average Bonchev–Trinajstić information content (AvgIpc) is 2.89. The topological polar surface area (TPSA) is 114 Å². The van der Waals surface area contributed by atoms with E-state index in [1.165, 1.54) is 89.9 Å². The maximum atomic E-state index is 11.8. The van der Waals surface area contributed by atoms with Gasteiger partial charge in [-0.3, -0.25) is 9.36 Å². The molecule has 0 aliphatic heterocycles. The lowest BCUT2D eigenvalue weighted by Crippen LogP contribution is -2.27. The number of carboxylic acids is 1. The third-order valence-corrected chi connectivity index (χ3v) is 7.42. The molecular formula is C29H58O8P-. The molecule has 0 amide bonds. The predicted molar refractivity (Wildman–Crippen MR) is 151 cm³/mol. The van der Waals surface area contributed by atoms with Crippen molar-refractivity contribution < 1.29 is 37.9 Å². The Labute approximate surface area is 233 Å². The van der Waals surface area contributed by atoms with Crippen LogP contribution in [0.15, 0.2) is 0 Å². The highest BCUT2D eigenvalue weighted by Gasteiger charge is 2.16. The van der Waals surface area contributed by atoms with Crippen molar-refractivity contribution in [3.63, 3.8) is 0 Å². The lowest BCUT2D eigenvalue weighted by atomic mass is 10.0. The summed E-state index contributed by atoms with van der Waals surface area (Å²) in [6.07, 6.45) is 22.3. The second-order valence-electron chi connectivity index (χ2n) is 10.3. The van der Waals surface area contributed by atoms with Crippen LogP contribution in [0.2, 0.25) is 0 Å². The summed E-state index contributed by atoms with van der Waals surface area (Å²) in [6.45, 7) is 5.13. The van der Waals surface area contributed by atoms with Crippen molar-refractivity contribution >= 4 is 13.8 Å². The third-order valence-electron chi connectivity index (χ3n) is 6.46. The molecule has 2 unspecified atom stereocenters. The number of unbranched alkanes of at least 4 members (excludes halogenated alkanes) is 16. The molecule has 38 heavy (non-hydrogen) atoms. The monoisotopic (exact) mass is 565 g/mol. The zero-order valence-corrected chi connectivity index (χ0v) is 25.4. The molecule has 9 heteroatoms. The average molecular weight is 566 g/mol. The number of phosphoric ester groups is 1. The summed E-state index contributed by atoms with van der Waals surface area (Å²) in [6, 6.07) is 0. The Morgan fingerprint density at radius 1 is 0.658 bits per heavy atom. The first-order valence-corrected chi connectivity index (χ1v) is 16.9. The number of phosphoric acid groups is 1. The van der Waals surface area contributed by atoms with Gasteiger partial charge in [-0.25, -0.2) is 0 Å². The Bertz CT molecular complexity index is 561. The summed E-state index contributed by atoms with van der Waals surface area (Å²) in [4.78, 5) is 22.4. The van der Waals surface area contributed by atoms with Crippen LogP contribution in [0.3, 0.4) is 0 Å². The van der Waals surface area contributed by atoms with Gasteiger partial charge in [0.2, 0.25) is 0 Å². The van der Waals surface area contributed by atoms with Crippen molar-refractivity contribution in [3.8, 4) is 0 Å². The van der Waals surface area contributed by atoms with Crippen LogP contribution in [0, 0.1) is 0 Å². The molecule has 2 atom stereocenters. The highest BCUT2D eigenvalue weighted by atomic mass is 31.2. The summed E-state index contributed by atoms with van der Waals surface area (Å²) < 4.78 is 32.9. The van der Waals surface area contributed by atoms with Gasteiger partial charge in [0.25, 0.3) is 7.82 Å². The smallest absolute Gasteiger partial charge is 0.303 e. The number of rotatable bonds is 31. The van der Waals surface area contributed by atoms with Crippen LogP contribution in [0.5, 0.6) is 0 Å². The van der Waals surface area contributed by atoms with E-state index in [9.17, 15) is 14.3 Å². The van der Waals surface area contributed by atoms with E-state index in [-0.39, 0.29) is 26.2 Å². The maximum absolute atomic E-state index is 11.8. The van der Waals surface area contributed by atoms with E-state index in [0.29, 0.717) is 32.5 Å². The normalized spacial score (nSPS) is 14.0. The van der Waals surface area contributed by atoms with Gasteiger partial charge < -0.3 is 28.5 Å². The number of carbonyl (C=O) groups is 1. The van der Waals surface area contributed by atoms with Gasteiger partial charge in [0, 0.05) is 19.6 Å². The fraction of sp³-hybridized carbons (Fsp3) is 0.966. The minimum Gasteiger partial charge on any atom is -0.756 e. The highest BCUT2D eigenvalue weighted by Crippen LogP contribution is 2.38. The van der Waals surface area contributed by atoms with Gasteiger partial charge in [0.05, 0.1) is 19.8 Å². The van der Waals surface area contributed by atoms with Crippen LogP contribution < -0.4 is 4.89 Å². The molecular weight excluding hydrogens is 507 g/mol. The molecule has 228 valence electrons. The van der Waals surface area contributed by atoms with Crippen LogP contribution in [0.4, 0.5) is 0 Å². The largest absolute Gasteiger partial charge is 0.756 e. The Balaban J connectivity index is 3.78. The van der Waals surface area contributed by atoms with Crippen LogP contribution in [0.25, 0.3) is 0 Å². The molecule has 0 rings (SSSR count). The fourth-order valence-electron chi connectivity index (χ4n) is 4.15. The second-order valence-corrected chi connectivity index (χ2v) is 11.7. The molecule has 0 aromatic carbocycles. The van der Waals surface area contributed by atoms with E-state index < -0.39 is 19.9 Å². The molecule has 0 bridgehead atoms. The van der Waals surface area contributed by atoms with E-state index in [0.717, 1.165) is 12.8 Å². The molecule has 0 aliphatic rings. The Morgan fingerprint density at radius 2 is 1.16 bits per heavy atom. The predicted octanol–water partition coefficient (Wildman–Crippen LogP) is 7.82. The number of carboxylic acid groups (broad SMARTS) is 1. The molecule has 0 spiro atoms. The van der Waals surface area contributed by atoms with Crippen LogP contribution >= 0.6 is 7.82 Å². The molecule has 0 fully saturated rings. The van der Waals surface area contributed by atoms with Gasteiger partial charge in [-0.15, -0.1) is 0 Å². The molecule has 0 radical (unpaired) electrons. The maximum Gasteiger partial charge on any atom is 0.303 e. The minimum atomic E-state index is -4.36. The van der Waals surface area contributed by atoms with Crippen LogP contribution in [-0.2, 0) is 27.9 Å².